The summed E-state index contributed by atoms with van der Waals surface area (Å²) in [5.74, 6) is -4.28. The van der Waals surface area contributed by atoms with Crippen molar-refractivity contribution in [2.75, 3.05) is 19.5 Å². The van der Waals surface area contributed by atoms with Crippen LogP contribution in [-0.2, 0) is 11.3 Å². The number of rotatable bonds is 6. The summed E-state index contributed by atoms with van der Waals surface area (Å²) in [6.45, 7) is 0.363. The van der Waals surface area contributed by atoms with E-state index in [2.05, 4.69) is 10.4 Å². The van der Waals surface area contributed by atoms with Gasteiger partial charge in [-0.05, 0) is 30.3 Å². The topological polar surface area (TPSA) is 104 Å². The molecular formula is C20H17F3N4O5. The molecule has 1 aromatic heterocycles. The molecule has 0 bridgehead atoms. The van der Waals surface area contributed by atoms with Crippen molar-refractivity contribution in [2.45, 2.75) is 13.5 Å². The first kappa shape index (κ1) is 22.6. The van der Waals surface area contributed by atoms with Gasteiger partial charge in [-0.25, -0.2) is 22.5 Å². The minimum Gasteiger partial charge on any atom is -0.494 e. The van der Waals surface area contributed by atoms with Crippen molar-refractivity contribution in [3.05, 3.63) is 74.2 Å². The highest BCUT2D eigenvalue weighted by Gasteiger charge is 2.21. The second-order valence-electron chi connectivity index (χ2n) is 6.48. The second-order valence-corrected chi connectivity index (χ2v) is 6.48. The molecule has 1 heterocycles. The lowest BCUT2D eigenvalue weighted by atomic mass is 10.2. The van der Waals surface area contributed by atoms with Gasteiger partial charge in [-0.3, -0.25) is 9.59 Å². The Morgan fingerprint density at radius 1 is 1.06 bits per heavy atom. The number of ether oxygens (including phenoxy) is 2. The van der Waals surface area contributed by atoms with E-state index >= 15 is 0 Å². The fourth-order valence-electron chi connectivity index (χ4n) is 2.90. The Morgan fingerprint density at radius 2 is 1.75 bits per heavy atom. The number of aromatic nitrogens is 3. The fraction of sp³-hybridized carbons (Fsp3) is 0.200. The zero-order valence-electron chi connectivity index (χ0n) is 17.1. The van der Waals surface area contributed by atoms with Crippen molar-refractivity contribution < 1.29 is 27.4 Å². The molecule has 12 heteroatoms. The van der Waals surface area contributed by atoms with Crippen molar-refractivity contribution in [1.82, 2.24) is 14.3 Å². The summed E-state index contributed by atoms with van der Waals surface area (Å²) in [6, 6.07) is 5.23. The zero-order valence-corrected chi connectivity index (χ0v) is 17.1. The van der Waals surface area contributed by atoms with Crippen molar-refractivity contribution >= 4 is 11.6 Å². The van der Waals surface area contributed by atoms with Gasteiger partial charge in [0.2, 0.25) is 5.91 Å². The predicted octanol–water partition coefficient (Wildman–Crippen LogP) is 1.84. The SMILES string of the molecule is COc1ccc(F)c(Cn2c(=O)c(OC)nn(-c3ccc(F)c(NC(C)=O)c3)c2=O)c1F. The molecule has 0 aliphatic carbocycles. The summed E-state index contributed by atoms with van der Waals surface area (Å²) >= 11 is 0. The quantitative estimate of drug-likeness (QED) is 0.615. The number of methoxy groups -OCH3 is 2. The summed E-state index contributed by atoms with van der Waals surface area (Å²) in [7, 11) is 2.29. The van der Waals surface area contributed by atoms with Crippen LogP contribution in [0.4, 0.5) is 18.9 Å². The minimum absolute atomic E-state index is 0.0428. The maximum absolute atomic E-state index is 14.6. The molecule has 0 aliphatic rings. The second kappa shape index (κ2) is 8.96. The first-order valence-corrected chi connectivity index (χ1v) is 9.04. The minimum atomic E-state index is -1.09. The zero-order chi connectivity index (χ0) is 23.6. The maximum Gasteiger partial charge on any atom is 0.352 e. The fourth-order valence-corrected chi connectivity index (χ4v) is 2.90. The molecule has 1 N–H and O–H groups in total. The number of nitrogens with zero attached hydrogens (tertiary/aromatic N) is 3. The van der Waals surface area contributed by atoms with Gasteiger partial charge >= 0.3 is 11.2 Å². The van der Waals surface area contributed by atoms with E-state index in [9.17, 15) is 27.6 Å². The number of amides is 1. The lowest BCUT2D eigenvalue weighted by molar-refractivity contribution is -0.114. The van der Waals surface area contributed by atoms with E-state index in [0.29, 0.717) is 9.25 Å². The standard InChI is InChI=1S/C20H17F3N4O5/c1-10(28)24-15-8-11(4-5-14(15)22)27-20(30)26(19(29)18(25-27)32-3)9-12-13(21)6-7-16(31-2)17(12)23/h4-8H,9H2,1-3H3,(H,24,28). The molecule has 0 spiro atoms. The van der Waals surface area contributed by atoms with Gasteiger partial charge in [-0.1, -0.05) is 0 Å². The van der Waals surface area contributed by atoms with Crippen molar-refractivity contribution in [3.8, 4) is 17.3 Å². The highest BCUT2D eigenvalue weighted by atomic mass is 19.1. The van der Waals surface area contributed by atoms with Crippen LogP contribution >= 0.6 is 0 Å². The Balaban J connectivity index is 2.22. The molecule has 168 valence electrons. The maximum atomic E-state index is 14.6. The lowest BCUT2D eigenvalue weighted by Gasteiger charge is -2.14. The van der Waals surface area contributed by atoms with Gasteiger partial charge in [-0.15, -0.1) is 5.10 Å². The Hall–Kier alpha value is -4.09. The van der Waals surface area contributed by atoms with Gasteiger partial charge < -0.3 is 14.8 Å². The largest absolute Gasteiger partial charge is 0.494 e. The van der Waals surface area contributed by atoms with Gasteiger partial charge in [0.15, 0.2) is 11.6 Å². The Bertz CT molecular complexity index is 1320. The molecule has 0 unspecified atom stereocenters. The summed E-state index contributed by atoms with van der Waals surface area (Å²) in [5.41, 5.74) is -3.01. The van der Waals surface area contributed by atoms with Crippen LogP contribution in [0.25, 0.3) is 5.69 Å². The monoisotopic (exact) mass is 450 g/mol. The third kappa shape index (κ3) is 4.19. The summed E-state index contributed by atoms with van der Waals surface area (Å²) in [4.78, 5) is 36.9. The van der Waals surface area contributed by atoms with E-state index in [1.807, 2.05) is 0 Å². The highest BCUT2D eigenvalue weighted by Crippen LogP contribution is 2.23. The van der Waals surface area contributed by atoms with Gasteiger partial charge in [0.25, 0.3) is 5.88 Å². The van der Waals surface area contributed by atoms with Crippen LogP contribution in [0.5, 0.6) is 11.6 Å². The van der Waals surface area contributed by atoms with Gasteiger partial charge in [0.05, 0.1) is 32.1 Å². The first-order chi connectivity index (χ1) is 15.2. The number of anilines is 1. The van der Waals surface area contributed by atoms with E-state index in [0.717, 1.165) is 44.4 Å². The molecule has 0 atom stereocenters. The van der Waals surface area contributed by atoms with E-state index < -0.39 is 52.6 Å². The van der Waals surface area contributed by atoms with Crippen LogP contribution in [0.1, 0.15) is 12.5 Å². The summed E-state index contributed by atoms with van der Waals surface area (Å²) in [6.07, 6.45) is 0. The molecule has 3 aromatic rings. The Kier molecular flexibility index (Phi) is 6.32. The number of hydrogen-bond acceptors (Lipinski definition) is 6. The van der Waals surface area contributed by atoms with Gasteiger partial charge in [0.1, 0.15) is 11.6 Å². The molecule has 0 saturated heterocycles. The summed E-state index contributed by atoms with van der Waals surface area (Å²) in [5, 5.41) is 6.05. The normalized spacial score (nSPS) is 10.7. The predicted molar refractivity (Wildman–Crippen MR) is 107 cm³/mol. The van der Waals surface area contributed by atoms with E-state index in [1.165, 1.54) is 7.11 Å². The van der Waals surface area contributed by atoms with Crippen LogP contribution in [0.3, 0.4) is 0 Å². The average molecular weight is 450 g/mol. The van der Waals surface area contributed by atoms with E-state index in [4.69, 9.17) is 9.47 Å². The molecule has 9 nitrogen and oxygen atoms in total. The van der Waals surface area contributed by atoms with Gasteiger partial charge in [0, 0.05) is 12.5 Å². The molecule has 2 aromatic carbocycles. The molecule has 3 rings (SSSR count). The molecule has 0 saturated carbocycles. The molecule has 32 heavy (non-hydrogen) atoms. The summed E-state index contributed by atoms with van der Waals surface area (Å²) < 4.78 is 53.8. The van der Waals surface area contributed by atoms with Crippen molar-refractivity contribution in [1.29, 1.82) is 0 Å². The van der Waals surface area contributed by atoms with Crippen molar-refractivity contribution in [3.63, 3.8) is 0 Å². The first-order valence-electron chi connectivity index (χ1n) is 9.04. The molecule has 1 amide bonds. The molecule has 0 aliphatic heterocycles. The average Bonchev–Trinajstić information content (AvgIpc) is 2.75. The lowest BCUT2D eigenvalue weighted by Crippen LogP contribution is -2.41. The van der Waals surface area contributed by atoms with Crippen LogP contribution in [0.2, 0.25) is 0 Å². The van der Waals surface area contributed by atoms with Crippen LogP contribution in [0, 0.1) is 17.5 Å². The number of carbonyl (C=O) groups is 1. The number of halogens is 3. The number of nitrogens with one attached hydrogen (secondary N) is 1. The van der Waals surface area contributed by atoms with Crippen molar-refractivity contribution in [2.24, 2.45) is 0 Å². The van der Waals surface area contributed by atoms with Crippen LogP contribution in [-0.4, -0.2) is 34.5 Å². The number of carbonyl (C=O) groups excluding carboxylic acids is 1. The smallest absolute Gasteiger partial charge is 0.352 e. The molecular weight excluding hydrogens is 433 g/mol. The van der Waals surface area contributed by atoms with E-state index in [-0.39, 0.29) is 17.1 Å². The van der Waals surface area contributed by atoms with Gasteiger partial charge in [-0.2, -0.15) is 4.68 Å². The molecule has 0 fully saturated rings. The van der Waals surface area contributed by atoms with E-state index in [1.54, 1.807) is 0 Å². The third-order valence-corrected chi connectivity index (χ3v) is 4.42. The molecule has 0 radical (unpaired) electrons. The van der Waals surface area contributed by atoms with Crippen LogP contribution in [0.15, 0.2) is 39.9 Å². The van der Waals surface area contributed by atoms with Crippen LogP contribution < -0.4 is 26.0 Å². The highest BCUT2D eigenvalue weighted by molar-refractivity contribution is 5.89. The Morgan fingerprint density at radius 3 is 2.38 bits per heavy atom. The number of hydrogen-bond donors (Lipinski definition) is 1. The Labute approximate surface area is 178 Å². The number of benzene rings is 2. The third-order valence-electron chi connectivity index (χ3n) is 4.42.